The normalized spacial score (nSPS) is 19.3. The van der Waals surface area contributed by atoms with Crippen molar-refractivity contribution in [1.82, 2.24) is 14.7 Å². The first-order chi connectivity index (χ1) is 11.6. The molecule has 138 valence electrons. The summed E-state index contributed by atoms with van der Waals surface area (Å²) in [5, 5.41) is 4.56. The largest absolute Gasteiger partial charge is 0.452 e. The van der Waals surface area contributed by atoms with E-state index in [2.05, 4.69) is 5.10 Å². The molecule has 1 aliphatic heterocycles. The number of hydrogen-bond acceptors (Lipinski definition) is 6. The number of esters is 1. The Bertz CT molecular complexity index is 813. The first kappa shape index (κ1) is 19.5. The molecule has 1 unspecified atom stereocenters. The lowest BCUT2D eigenvalue weighted by molar-refractivity contribution is -0.146. The molecule has 1 aromatic rings. The lowest BCUT2D eigenvalue weighted by Crippen LogP contribution is -2.27. The lowest BCUT2D eigenvalue weighted by Gasteiger charge is -2.09. The van der Waals surface area contributed by atoms with Crippen LogP contribution in [0.1, 0.15) is 23.7 Å². The van der Waals surface area contributed by atoms with Crippen molar-refractivity contribution in [2.75, 3.05) is 32.2 Å². The van der Waals surface area contributed by atoms with Gasteiger partial charge in [-0.1, -0.05) is 11.6 Å². The molecule has 1 aliphatic rings. The van der Waals surface area contributed by atoms with Gasteiger partial charge in [0, 0.05) is 25.7 Å². The van der Waals surface area contributed by atoms with Gasteiger partial charge in [0.2, 0.25) is 0 Å². The molecule has 0 bridgehead atoms. The summed E-state index contributed by atoms with van der Waals surface area (Å²) < 4.78 is 29.6. The molecule has 1 atom stereocenters. The number of carbonyl (C=O) groups is 2. The highest BCUT2D eigenvalue weighted by Crippen LogP contribution is 2.30. The van der Waals surface area contributed by atoms with E-state index in [9.17, 15) is 18.0 Å². The molecule has 0 aromatic carbocycles. The van der Waals surface area contributed by atoms with Crippen LogP contribution in [0.25, 0.3) is 6.08 Å². The maximum absolute atomic E-state index is 11.7. The lowest BCUT2D eigenvalue weighted by atomic mass is 10.2. The first-order valence-electron chi connectivity index (χ1n) is 7.60. The van der Waals surface area contributed by atoms with Crippen molar-refractivity contribution in [3.05, 3.63) is 22.5 Å². The van der Waals surface area contributed by atoms with E-state index in [1.54, 1.807) is 21.0 Å². The fourth-order valence-corrected chi connectivity index (χ4v) is 4.46. The van der Waals surface area contributed by atoms with E-state index in [0.717, 1.165) is 6.08 Å². The van der Waals surface area contributed by atoms with Gasteiger partial charge in [-0.15, -0.1) is 0 Å². The number of sulfone groups is 1. The minimum atomic E-state index is -3.06. The summed E-state index contributed by atoms with van der Waals surface area (Å²) in [7, 11) is 0.0647. The number of likely N-dealkylation sites (N-methyl/N-ethyl adjacent to an activating group) is 1. The number of hydrogen-bond donors (Lipinski definition) is 0. The summed E-state index contributed by atoms with van der Waals surface area (Å²) in [5.74, 6) is -0.885. The van der Waals surface area contributed by atoms with Crippen molar-refractivity contribution in [3.8, 4) is 0 Å². The van der Waals surface area contributed by atoms with Crippen LogP contribution in [0.2, 0.25) is 5.15 Å². The molecule has 1 amide bonds. The standard InChI is InChI=1S/C15H20ClN3O5S/c1-10-12(4-5-14(21)24-8-13(20)18(2)3)15(16)19(17-10)11-6-7-25(22,23)9-11/h4-5,11H,6-9H2,1-3H3/b5-4+. The number of halogens is 1. The molecular weight excluding hydrogens is 370 g/mol. The summed E-state index contributed by atoms with van der Waals surface area (Å²) in [5.41, 5.74) is 1.09. The van der Waals surface area contributed by atoms with Gasteiger partial charge >= 0.3 is 5.97 Å². The molecule has 1 fully saturated rings. The summed E-state index contributed by atoms with van der Waals surface area (Å²) in [6.45, 7) is 1.37. The van der Waals surface area contributed by atoms with Gasteiger partial charge in [0.1, 0.15) is 5.15 Å². The highest BCUT2D eigenvalue weighted by Gasteiger charge is 2.31. The summed E-state index contributed by atoms with van der Waals surface area (Å²) >= 11 is 6.30. The second-order valence-corrected chi connectivity index (χ2v) is 8.61. The van der Waals surface area contributed by atoms with Crippen LogP contribution in [-0.4, -0.2) is 67.2 Å². The van der Waals surface area contributed by atoms with Gasteiger partial charge in [0.25, 0.3) is 5.91 Å². The van der Waals surface area contributed by atoms with E-state index in [1.807, 2.05) is 0 Å². The molecule has 8 nitrogen and oxygen atoms in total. The van der Waals surface area contributed by atoms with E-state index in [0.29, 0.717) is 17.7 Å². The molecular formula is C15H20ClN3O5S. The molecule has 1 saturated heterocycles. The second-order valence-electron chi connectivity index (χ2n) is 6.02. The quantitative estimate of drug-likeness (QED) is 0.547. The molecule has 25 heavy (non-hydrogen) atoms. The van der Waals surface area contributed by atoms with Gasteiger partial charge < -0.3 is 9.64 Å². The Balaban J connectivity index is 2.08. The Labute approximate surface area is 151 Å². The molecule has 0 saturated carbocycles. The van der Waals surface area contributed by atoms with Crippen molar-refractivity contribution >= 4 is 39.4 Å². The Morgan fingerprint density at radius 1 is 1.44 bits per heavy atom. The Morgan fingerprint density at radius 2 is 2.12 bits per heavy atom. The number of aryl methyl sites for hydroxylation is 1. The van der Waals surface area contributed by atoms with Crippen LogP contribution in [0.15, 0.2) is 6.08 Å². The van der Waals surface area contributed by atoms with Gasteiger partial charge in [0.15, 0.2) is 16.4 Å². The monoisotopic (exact) mass is 389 g/mol. The van der Waals surface area contributed by atoms with Crippen LogP contribution in [0, 0.1) is 6.92 Å². The SMILES string of the molecule is Cc1nn(C2CCS(=O)(=O)C2)c(Cl)c1/C=C/C(=O)OCC(=O)N(C)C. The number of nitrogens with zero attached hydrogens (tertiary/aromatic N) is 3. The molecule has 2 heterocycles. The maximum atomic E-state index is 11.7. The Morgan fingerprint density at radius 3 is 2.68 bits per heavy atom. The zero-order valence-corrected chi connectivity index (χ0v) is 15.8. The third kappa shape index (κ3) is 4.82. The van der Waals surface area contributed by atoms with E-state index in [1.165, 1.54) is 15.7 Å². The van der Waals surface area contributed by atoms with E-state index < -0.39 is 15.8 Å². The van der Waals surface area contributed by atoms with E-state index >= 15 is 0 Å². The maximum Gasteiger partial charge on any atom is 0.331 e. The fraction of sp³-hybridized carbons (Fsp3) is 0.533. The number of amides is 1. The topological polar surface area (TPSA) is 98.6 Å². The highest BCUT2D eigenvalue weighted by molar-refractivity contribution is 7.91. The van der Waals surface area contributed by atoms with Crippen LogP contribution in [0.5, 0.6) is 0 Å². The average Bonchev–Trinajstić information content (AvgIpc) is 3.02. The van der Waals surface area contributed by atoms with E-state index in [4.69, 9.17) is 16.3 Å². The number of ether oxygens (including phenoxy) is 1. The number of rotatable bonds is 5. The molecule has 0 radical (unpaired) electrons. The number of carbonyl (C=O) groups excluding carboxylic acids is 2. The highest BCUT2D eigenvalue weighted by atomic mass is 35.5. The third-order valence-corrected chi connectivity index (χ3v) is 5.98. The van der Waals surface area contributed by atoms with Crippen LogP contribution >= 0.6 is 11.6 Å². The van der Waals surface area contributed by atoms with Gasteiger partial charge in [-0.25, -0.2) is 17.9 Å². The van der Waals surface area contributed by atoms with Gasteiger partial charge in [-0.05, 0) is 19.4 Å². The van der Waals surface area contributed by atoms with Crippen LogP contribution in [0.4, 0.5) is 0 Å². The van der Waals surface area contributed by atoms with E-state index in [-0.39, 0.29) is 35.2 Å². The Kier molecular flexibility index (Phi) is 5.89. The zero-order chi connectivity index (χ0) is 18.8. The van der Waals surface area contributed by atoms with Crippen molar-refractivity contribution < 1.29 is 22.7 Å². The Hall–Kier alpha value is -1.87. The van der Waals surface area contributed by atoms with Crippen molar-refractivity contribution in [2.45, 2.75) is 19.4 Å². The number of aromatic nitrogens is 2. The minimum absolute atomic E-state index is 0.00564. The van der Waals surface area contributed by atoms with Gasteiger partial charge in [-0.3, -0.25) is 4.79 Å². The zero-order valence-electron chi connectivity index (χ0n) is 14.2. The molecule has 2 rings (SSSR count). The molecule has 0 N–H and O–H groups in total. The average molecular weight is 390 g/mol. The second kappa shape index (κ2) is 7.57. The molecule has 0 aliphatic carbocycles. The van der Waals surface area contributed by atoms with Crippen LogP contribution in [-0.2, 0) is 24.2 Å². The first-order valence-corrected chi connectivity index (χ1v) is 9.80. The summed E-state index contributed by atoms with van der Waals surface area (Å²) in [6, 6.07) is -0.303. The predicted molar refractivity (Wildman–Crippen MR) is 93.0 cm³/mol. The smallest absolute Gasteiger partial charge is 0.331 e. The third-order valence-electron chi connectivity index (χ3n) is 3.85. The van der Waals surface area contributed by atoms with Crippen LogP contribution < -0.4 is 0 Å². The van der Waals surface area contributed by atoms with Gasteiger partial charge in [0.05, 0.1) is 23.2 Å². The summed E-state index contributed by atoms with van der Waals surface area (Å²) in [4.78, 5) is 24.4. The molecule has 1 aromatic heterocycles. The van der Waals surface area contributed by atoms with Crippen LogP contribution in [0.3, 0.4) is 0 Å². The van der Waals surface area contributed by atoms with Crippen molar-refractivity contribution in [3.63, 3.8) is 0 Å². The molecule has 0 spiro atoms. The fourth-order valence-electron chi connectivity index (χ4n) is 2.39. The van der Waals surface area contributed by atoms with Crippen molar-refractivity contribution in [1.29, 1.82) is 0 Å². The van der Waals surface area contributed by atoms with Crippen molar-refractivity contribution in [2.24, 2.45) is 0 Å². The molecule has 10 heteroatoms. The predicted octanol–water partition coefficient (Wildman–Crippen LogP) is 0.849. The minimum Gasteiger partial charge on any atom is -0.452 e. The summed E-state index contributed by atoms with van der Waals surface area (Å²) in [6.07, 6.45) is 3.07. The van der Waals surface area contributed by atoms with Gasteiger partial charge in [-0.2, -0.15) is 5.10 Å².